The zero-order valence-electron chi connectivity index (χ0n) is 15.1. The van der Waals surface area contributed by atoms with Gasteiger partial charge in [-0.25, -0.2) is 4.98 Å². The molecule has 1 aliphatic heterocycles. The summed E-state index contributed by atoms with van der Waals surface area (Å²) < 4.78 is 8.08. The van der Waals surface area contributed by atoms with E-state index < -0.39 is 0 Å². The molecular formula is C19H23N5OS. The molecule has 0 amide bonds. The van der Waals surface area contributed by atoms with E-state index in [-0.39, 0.29) is 6.04 Å². The lowest BCUT2D eigenvalue weighted by molar-refractivity contribution is 0.0516. The predicted molar refractivity (Wildman–Crippen MR) is 101 cm³/mol. The summed E-state index contributed by atoms with van der Waals surface area (Å²) in [4.78, 5) is 11.5. The van der Waals surface area contributed by atoms with Gasteiger partial charge < -0.3 is 4.74 Å². The zero-order chi connectivity index (χ0) is 17.9. The van der Waals surface area contributed by atoms with Gasteiger partial charge in [-0.1, -0.05) is 6.07 Å². The van der Waals surface area contributed by atoms with Crippen LogP contribution in [0.15, 0.2) is 35.8 Å². The summed E-state index contributed by atoms with van der Waals surface area (Å²) in [7, 11) is 0. The molecule has 0 bridgehead atoms. The van der Waals surface area contributed by atoms with Gasteiger partial charge in [0, 0.05) is 36.9 Å². The van der Waals surface area contributed by atoms with Crippen molar-refractivity contribution >= 4 is 11.3 Å². The number of rotatable bonds is 6. The second-order valence-corrected chi connectivity index (χ2v) is 7.80. The Kier molecular flexibility index (Phi) is 5.10. The lowest BCUT2D eigenvalue weighted by Crippen LogP contribution is -2.39. The second kappa shape index (κ2) is 7.65. The minimum atomic E-state index is 0.207. The van der Waals surface area contributed by atoms with Crippen molar-refractivity contribution in [3.63, 3.8) is 0 Å². The van der Waals surface area contributed by atoms with Crippen LogP contribution in [0.5, 0.6) is 0 Å². The Balaban J connectivity index is 1.39. The number of fused-ring (bicyclic) bond motifs is 1. The third-order valence-corrected chi connectivity index (χ3v) is 5.33. The largest absolute Gasteiger partial charge is 0.373 e. The van der Waals surface area contributed by atoms with Gasteiger partial charge in [-0.15, -0.1) is 11.3 Å². The van der Waals surface area contributed by atoms with Crippen LogP contribution >= 0.6 is 11.3 Å². The minimum Gasteiger partial charge on any atom is -0.373 e. The number of aryl methyl sites for hydroxylation is 2. The Morgan fingerprint density at radius 2 is 2.12 bits per heavy atom. The highest BCUT2D eigenvalue weighted by atomic mass is 32.1. The lowest BCUT2D eigenvalue weighted by atomic mass is 10.2. The van der Waals surface area contributed by atoms with E-state index in [4.69, 9.17) is 4.74 Å². The highest BCUT2D eigenvalue weighted by Crippen LogP contribution is 2.23. The summed E-state index contributed by atoms with van der Waals surface area (Å²) in [6.45, 7) is 7.87. The molecule has 0 aromatic carbocycles. The van der Waals surface area contributed by atoms with E-state index >= 15 is 0 Å². The van der Waals surface area contributed by atoms with Gasteiger partial charge in [0.1, 0.15) is 0 Å². The summed E-state index contributed by atoms with van der Waals surface area (Å²) in [5.74, 6) is 0. The molecule has 4 rings (SSSR count). The van der Waals surface area contributed by atoms with Crippen LogP contribution in [0.4, 0.5) is 0 Å². The van der Waals surface area contributed by atoms with Crippen LogP contribution in [-0.4, -0.2) is 37.8 Å². The van der Waals surface area contributed by atoms with Crippen LogP contribution in [-0.2, 0) is 24.4 Å². The van der Waals surface area contributed by atoms with Crippen molar-refractivity contribution < 1.29 is 4.74 Å². The van der Waals surface area contributed by atoms with E-state index in [1.165, 1.54) is 5.69 Å². The Hall–Kier alpha value is -2.09. The van der Waals surface area contributed by atoms with Gasteiger partial charge in [0.05, 0.1) is 41.3 Å². The molecule has 0 radical (unpaired) electrons. The van der Waals surface area contributed by atoms with Crippen molar-refractivity contribution in [3.05, 3.63) is 63.6 Å². The first-order valence-corrected chi connectivity index (χ1v) is 9.71. The summed E-state index contributed by atoms with van der Waals surface area (Å²) >= 11 is 1.71. The zero-order valence-corrected chi connectivity index (χ0v) is 15.9. The number of ether oxygens (including phenoxy) is 1. The molecule has 1 atom stereocenters. The first kappa shape index (κ1) is 17.3. The molecule has 0 saturated heterocycles. The highest BCUT2D eigenvalue weighted by Gasteiger charge is 2.26. The van der Waals surface area contributed by atoms with Crippen molar-refractivity contribution in [2.75, 3.05) is 13.2 Å². The monoisotopic (exact) mass is 369 g/mol. The third kappa shape index (κ3) is 4.00. The normalized spacial score (nSPS) is 17.4. The van der Waals surface area contributed by atoms with Crippen molar-refractivity contribution in [3.8, 4) is 0 Å². The van der Waals surface area contributed by atoms with Crippen LogP contribution in [0.3, 0.4) is 0 Å². The van der Waals surface area contributed by atoms with E-state index in [1.54, 1.807) is 11.3 Å². The fourth-order valence-electron chi connectivity index (χ4n) is 3.40. The van der Waals surface area contributed by atoms with Gasteiger partial charge in [-0.3, -0.25) is 14.6 Å². The van der Waals surface area contributed by atoms with E-state index in [9.17, 15) is 0 Å². The Labute approximate surface area is 157 Å². The smallest absolute Gasteiger partial charge is 0.0897 e. The summed E-state index contributed by atoms with van der Waals surface area (Å²) in [6, 6.07) is 8.32. The van der Waals surface area contributed by atoms with Crippen molar-refractivity contribution in [1.82, 2.24) is 24.6 Å². The summed E-state index contributed by atoms with van der Waals surface area (Å²) in [5.41, 5.74) is 4.36. The van der Waals surface area contributed by atoms with Crippen LogP contribution in [0.1, 0.15) is 33.8 Å². The molecule has 0 unspecified atom stereocenters. The van der Waals surface area contributed by atoms with Gasteiger partial charge in [0.15, 0.2) is 0 Å². The number of pyridine rings is 1. The van der Waals surface area contributed by atoms with Gasteiger partial charge in [-0.05, 0) is 32.0 Å². The lowest BCUT2D eigenvalue weighted by Gasteiger charge is -2.33. The molecule has 0 spiro atoms. The maximum atomic E-state index is 5.98. The number of thiazole rings is 1. The number of hydrogen-bond donors (Lipinski definition) is 0. The van der Waals surface area contributed by atoms with Crippen LogP contribution in [0, 0.1) is 13.8 Å². The summed E-state index contributed by atoms with van der Waals surface area (Å²) in [6.07, 6.45) is 1.88. The van der Waals surface area contributed by atoms with Gasteiger partial charge in [-0.2, -0.15) is 5.10 Å². The number of nitrogens with zero attached hydrogens (tertiary/aromatic N) is 5. The third-order valence-electron chi connectivity index (χ3n) is 4.51. The standard InChI is InChI=1S/C19H23N5OS/c1-14-4-3-5-16(21-14)11-25-12-19-10-23(8-17-13-26-15(2)22-17)9-18-6-7-20-24(18)19/h3-7,13,19H,8-12H2,1-2H3/t19-/m1/s1. The molecule has 4 heterocycles. The molecule has 0 N–H and O–H groups in total. The molecular weight excluding hydrogens is 346 g/mol. The SMILES string of the molecule is Cc1cccc(COC[C@H]2CN(Cc3csc(C)n3)Cc3ccnn32)n1. The van der Waals surface area contributed by atoms with Gasteiger partial charge in [0.2, 0.25) is 0 Å². The first-order chi connectivity index (χ1) is 12.7. The Morgan fingerprint density at radius 3 is 2.92 bits per heavy atom. The second-order valence-electron chi connectivity index (χ2n) is 6.73. The minimum absolute atomic E-state index is 0.207. The van der Waals surface area contributed by atoms with Gasteiger partial charge >= 0.3 is 0 Å². The maximum Gasteiger partial charge on any atom is 0.0897 e. The number of aromatic nitrogens is 4. The Bertz CT molecular complexity index is 874. The van der Waals surface area contributed by atoms with Crippen molar-refractivity contribution in [2.24, 2.45) is 0 Å². The average Bonchev–Trinajstić information content (AvgIpc) is 3.24. The molecule has 136 valence electrons. The highest BCUT2D eigenvalue weighted by molar-refractivity contribution is 7.09. The average molecular weight is 369 g/mol. The van der Waals surface area contributed by atoms with Crippen molar-refractivity contribution in [2.45, 2.75) is 39.6 Å². The van der Waals surface area contributed by atoms with E-state index in [0.717, 1.165) is 41.7 Å². The van der Waals surface area contributed by atoms with Crippen molar-refractivity contribution in [1.29, 1.82) is 0 Å². The maximum absolute atomic E-state index is 5.98. The van der Waals surface area contributed by atoms with Crippen LogP contribution < -0.4 is 0 Å². The molecule has 0 saturated carbocycles. The predicted octanol–water partition coefficient (Wildman–Crippen LogP) is 3.13. The molecule has 3 aromatic heterocycles. The molecule has 26 heavy (non-hydrogen) atoms. The quantitative estimate of drug-likeness (QED) is 0.668. The molecule has 0 fully saturated rings. The molecule has 7 heteroatoms. The topological polar surface area (TPSA) is 56.1 Å². The fourth-order valence-corrected chi connectivity index (χ4v) is 4.00. The first-order valence-electron chi connectivity index (χ1n) is 8.83. The Morgan fingerprint density at radius 1 is 1.19 bits per heavy atom. The van der Waals surface area contributed by atoms with Crippen LogP contribution in [0.25, 0.3) is 0 Å². The number of hydrogen-bond acceptors (Lipinski definition) is 6. The van der Waals surface area contributed by atoms with E-state index in [0.29, 0.717) is 13.2 Å². The molecule has 3 aromatic rings. The molecule has 6 nitrogen and oxygen atoms in total. The summed E-state index contributed by atoms with van der Waals surface area (Å²) in [5, 5.41) is 7.77. The van der Waals surface area contributed by atoms with E-state index in [2.05, 4.69) is 43.0 Å². The molecule has 0 aliphatic carbocycles. The van der Waals surface area contributed by atoms with E-state index in [1.807, 2.05) is 31.3 Å². The van der Waals surface area contributed by atoms with Gasteiger partial charge in [0.25, 0.3) is 0 Å². The van der Waals surface area contributed by atoms with Crippen LogP contribution in [0.2, 0.25) is 0 Å². The fraction of sp³-hybridized carbons (Fsp3) is 0.421. The molecule has 1 aliphatic rings.